The lowest BCUT2D eigenvalue weighted by Gasteiger charge is -2.43. The van der Waals surface area contributed by atoms with Gasteiger partial charge >= 0.3 is 0 Å². The predicted octanol–water partition coefficient (Wildman–Crippen LogP) is 9.76. The van der Waals surface area contributed by atoms with E-state index in [1.165, 1.54) is 0 Å². The highest BCUT2D eigenvalue weighted by Crippen LogP contribution is 2.40. The predicted molar refractivity (Wildman–Crippen MR) is 190 cm³/mol. The molecule has 0 bridgehead atoms. The molecule has 44 heavy (non-hydrogen) atoms. The van der Waals surface area contributed by atoms with Gasteiger partial charge in [-0.05, 0) is 80.4 Å². The summed E-state index contributed by atoms with van der Waals surface area (Å²) in [6.07, 6.45) is 8.49. The summed E-state index contributed by atoms with van der Waals surface area (Å²) in [5, 5.41) is 0.352. The van der Waals surface area contributed by atoms with Crippen molar-refractivity contribution in [3.05, 3.63) is 48.0 Å². The summed E-state index contributed by atoms with van der Waals surface area (Å²) in [6, 6.07) is 10.3. The molecule has 0 radical (unpaired) electrons. The van der Waals surface area contributed by atoms with Gasteiger partial charge in [-0.1, -0.05) is 91.0 Å². The number of benzene rings is 1. The summed E-state index contributed by atoms with van der Waals surface area (Å²) in [4.78, 5) is 0. The lowest BCUT2D eigenvalue weighted by Crippen LogP contribution is -2.49. The number of unbranched alkanes of at least 4 members (excludes halogenated alkanes) is 1. The number of rotatable bonds is 22. The van der Waals surface area contributed by atoms with Crippen LogP contribution in [0.15, 0.2) is 42.5 Å². The van der Waals surface area contributed by atoms with E-state index in [-0.39, 0.29) is 35.2 Å². The van der Waals surface area contributed by atoms with Crippen LogP contribution in [-0.2, 0) is 34.4 Å². The van der Waals surface area contributed by atoms with Gasteiger partial charge in [-0.25, -0.2) is 0 Å². The van der Waals surface area contributed by atoms with Crippen LogP contribution < -0.4 is 0 Å². The Kier molecular flexibility index (Phi) is 18.5. The van der Waals surface area contributed by atoms with Crippen LogP contribution in [0.2, 0.25) is 36.3 Å². The Morgan fingerprint density at radius 1 is 0.795 bits per heavy atom. The van der Waals surface area contributed by atoms with Crippen molar-refractivity contribution >= 4 is 16.6 Å². The standard InChI is InChI=1S/C36H68O6Si2/c1-30(34(42-44(12,13)36(6,7)8)28-41-43(10,11)35(3,4)5)21-17-14-15-20-24-33(40-29-38-26-25-37-9)31(2)39-27-32-22-18-16-19-23-32/h15-16,18-20,22-23,30-31,33-34H,14,17,21,24-29H2,1-13H3/b20-15-/t30-,31-,33-,34-/m0/s1. The van der Waals surface area contributed by atoms with Gasteiger partial charge in [0.25, 0.3) is 0 Å². The summed E-state index contributed by atoms with van der Waals surface area (Å²) in [5.74, 6) is 0.425. The lowest BCUT2D eigenvalue weighted by atomic mass is 9.98. The Bertz CT molecular complexity index is 907. The second kappa shape index (κ2) is 19.7. The van der Waals surface area contributed by atoms with E-state index in [0.717, 1.165) is 31.2 Å². The van der Waals surface area contributed by atoms with Crippen molar-refractivity contribution in [2.75, 3.05) is 33.7 Å². The second-order valence-electron chi connectivity index (χ2n) is 15.3. The second-order valence-corrected chi connectivity index (χ2v) is 24.9. The SMILES string of the molecule is COCCOCO[C@@H](C/C=C\CCC[C@H](C)[C@H](CO[Si](C)(C)C(C)(C)C)O[Si](C)(C)C(C)(C)C)[C@H](C)OCc1ccccc1. The summed E-state index contributed by atoms with van der Waals surface area (Å²) < 4.78 is 36.6. The molecule has 0 aliphatic heterocycles. The zero-order chi connectivity index (χ0) is 33.4. The first-order valence-electron chi connectivity index (χ1n) is 16.7. The summed E-state index contributed by atoms with van der Waals surface area (Å²) in [6.45, 7) is 30.2. The Labute approximate surface area is 273 Å². The van der Waals surface area contributed by atoms with Gasteiger partial charge in [-0.3, -0.25) is 0 Å². The van der Waals surface area contributed by atoms with Crippen LogP contribution in [0.5, 0.6) is 0 Å². The van der Waals surface area contributed by atoms with Crippen LogP contribution >= 0.6 is 0 Å². The first-order valence-corrected chi connectivity index (χ1v) is 22.5. The third-order valence-electron chi connectivity index (χ3n) is 9.54. The molecule has 8 heteroatoms. The van der Waals surface area contributed by atoms with Crippen LogP contribution in [0.1, 0.15) is 86.6 Å². The highest BCUT2D eigenvalue weighted by molar-refractivity contribution is 6.74. The van der Waals surface area contributed by atoms with Gasteiger partial charge in [0.2, 0.25) is 0 Å². The minimum Gasteiger partial charge on any atom is -0.414 e. The van der Waals surface area contributed by atoms with Gasteiger partial charge in [0.1, 0.15) is 6.79 Å². The largest absolute Gasteiger partial charge is 0.414 e. The van der Waals surface area contributed by atoms with Crippen molar-refractivity contribution in [3.63, 3.8) is 0 Å². The van der Waals surface area contributed by atoms with Crippen LogP contribution in [0.25, 0.3) is 0 Å². The molecule has 0 saturated carbocycles. The molecular weight excluding hydrogens is 585 g/mol. The molecule has 256 valence electrons. The molecule has 1 aromatic rings. The molecule has 4 atom stereocenters. The fourth-order valence-electron chi connectivity index (χ4n) is 4.11. The summed E-state index contributed by atoms with van der Waals surface area (Å²) in [5.41, 5.74) is 1.16. The average Bonchev–Trinajstić information content (AvgIpc) is 2.93. The van der Waals surface area contributed by atoms with Gasteiger partial charge in [0.05, 0.1) is 44.7 Å². The average molecular weight is 653 g/mol. The van der Waals surface area contributed by atoms with E-state index < -0.39 is 16.6 Å². The fraction of sp³-hybridized carbons (Fsp3) is 0.778. The molecule has 0 heterocycles. The van der Waals surface area contributed by atoms with Crippen molar-refractivity contribution in [1.82, 2.24) is 0 Å². The molecule has 0 aliphatic rings. The van der Waals surface area contributed by atoms with E-state index in [9.17, 15) is 0 Å². The first-order chi connectivity index (χ1) is 20.4. The molecule has 0 unspecified atom stereocenters. The Balaban J connectivity index is 2.73. The van der Waals surface area contributed by atoms with Crippen molar-refractivity contribution in [3.8, 4) is 0 Å². The molecule has 0 N–H and O–H groups in total. The smallest absolute Gasteiger partial charge is 0.192 e. The summed E-state index contributed by atoms with van der Waals surface area (Å²) >= 11 is 0. The van der Waals surface area contributed by atoms with E-state index in [4.69, 9.17) is 27.8 Å². The number of ether oxygens (including phenoxy) is 4. The third kappa shape index (κ3) is 15.6. The maximum absolute atomic E-state index is 6.99. The maximum Gasteiger partial charge on any atom is 0.192 e. The summed E-state index contributed by atoms with van der Waals surface area (Å²) in [7, 11) is -2.12. The number of allylic oxidation sites excluding steroid dienone is 1. The normalized spacial score (nSPS) is 16.3. The topological polar surface area (TPSA) is 55.4 Å². The van der Waals surface area contributed by atoms with Crippen molar-refractivity contribution < 1.29 is 27.8 Å². The monoisotopic (exact) mass is 652 g/mol. The molecule has 0 fully saturated rings. The molecule has 0 amide bonds. The number of methoxy groups -OCH3 is 1. The van der Waals surface area contributed by atoms with Crippen LogP contribution in [0.3, 0.4) is 0 Å². The molecule has 0 spiro atoms. The van der Waals surface area contributed by atoms with E-state index in [1.54, 1.807) is 7.11 Å². The zero-order valence-electron chi connectivity index (χ0n) is 30.7. The maximum atomic E-state index is 6.99. The van der Waals surface area contributed by atoms with Gasteiger partial charge in [-0.15, -0.1) is 0 Å². The Morgan fingerprint density at radius 2 is 1.43 bits per heavy atom. The van der Waals surface area contributed by atoms with Crippen molar-refractivity contribution in [1.29, 1.82) is 0 Å². The number of hydrogen-bond donors (Lipinski definition) is 0. The van der Waals surface area contributed by atoms with Gasteiger partial charge in [-0.2, -0.15) is 0 Å². The van der Waals surface area contributed by atoms with Crippen LogP contribution in [0, 0.1) is 5.92 Å². The zero-order valence-corrected chi connectivity index (χ0v) is 32.7. The molecule has 6 nitrogen and oxygen atoms in total. The Hall–Kier alpha value is -0.846. The highest BCUT2D eigenvalue weighted by Gasteiger charge is 2.42. The lowest BCUT2D eigenvalue weighted by molar-refractivity contribution is -0.139. The van der Waals surface area contributed by atoms with Gasteiger partial charge < -0.3 is 27.8 Å². The molecule has 0 aromatic heterocycles. The molecule has 0 aliphatic carbocycles. The van der Waals surface area contributed by atoms with E-state index in [0.29, 0.717) is 32.3 Å². The third-order valence-corrected chi connectivity index (χ3v) is 18.5. The quantitative estimate of drug-likeness (QED) is 0.0538. The van der Waals surface area contributed by atoms with E-state index in [2.05, 4.69) is 106 Å². The van der Waals surface area contributed by atoms with E-state index >= 15 is 0 Å². The van der Waals surface area contributed by atoms with Crippen molar-refractivity contribution in [2.24, 2.45) is 5.92 Å². The van der Waals surface area contributed by atoms with Gasteiger partial charge in [0.15, 0.2) is 16.6 Å². The van der Waals surface area contributed by atoms with Gasteiger partial charge in [0, 0.05) is 7.11 Å². The molecule has 1 aromatic carbocycles. The minimum atomic E-state index is -1.93. The van der Waals surface area contributed by atoms with Crippen molar-refractivity contribution in [2.45, 2.75) is 142 Å². The molecule has 1 rings (SSSR count). The first kappa shape index (κ1) is 41.2. The molecular formula is C36H68O6Si2. The highest BCUT2D eigenvalue weighted by atomic mass is 28.4. The van der Waals surface area contributed by atoms with E-state index in [1.807, 2.05) is 18.2 Å². The fourth-order valence-corrected chi connectivity index (χ4v) is 6.53. The Morgan fingerprint density at radius 3 is 2.02 bits per heavy atom. The van der Waals surface area contributed by atoms with Crippen LogP contribution in [0.4, 0.5) is 0 Å². The molecule has 0 saturated heterocycles. The van der Waals surface area contributed by atoms with Crippen LogP contribution in [-0.4, -0.2) is 68.7 Å². The number of hydrogen-bond acceptors (Lipinski definition) is 6. The minimum absolute atomic E-state index is 0.0694.